The van der Waals surface area contributed by atoms with E-state index in [1.54, 1.807) is 0 Å². The predicted octanol–water partition coefficient (Wildman–Crippen LogP) is 0.936. The largest absolute Gasteiger partial charge is 0.389 e. The molecule has 1 aliphatic rings. The molecular formula is C17H19N5O5S. The van der Waals surface area contributed by atoms with Crippen LogP contribution in [0, 0.1) is 10.1 Å². The Morgan fingerprint density at radius 3 is 2.43 bits per heavy atom. The smallest absolute Gasteiger partial charge is 0.358 e. The molecule has 28 heavy (non-hydrogen) atoms. The number of sulfonamides is 1. The molecule has 1 fully saturated rings. The number of piperazine rings is 1. The molecule has 1 saturated heterocycles. The second kappa shape index (κ2) is 8.31. The molecule has 0 saturated carbocycles. The van der Waals surface area contributed by atoms with Gasteiger partial charge in [-0.15, -0.1) is 0 Å². The summed E-state index contributed by atoms with van der Waals surface area (Å²) in [6.07, 6.45) is 2.91. The Balaban J connectivity index is 1.55. The number of hydrogen-bond acceptors (Lipinski definition) is 6. The van der Waals surface area contributed by atoms with Crippen molar-refractivity contribution in [2.45, 2.75) is 6.54 Å². The average molecular weight is 405 g/mol. The molecule has 3 rings (SSSR count). The van der Waals surface area contributed by atoms with E-state index in [1.165, 1.54) is 37.6 Å². The minimum Gasteiger partial charge on any atom is -0.358 e. The summed E-state index contributed by atoms with van der Waals surface area (Å²) in [5.41, 5.74) is 0.785. The maximum absolute atomic E-state index is 12.5. The fourth-order valence-corrected chi connectivity index (χ4v) is 3.96. The maximum Gasteiger partial charge on any atom is 0.389 e. The molecule has 0 radical (unpaired) electrons. The van der Waals surface area contributed by atoms with Gasteiger partial charge in [0.2, 0.25) is 15.9 Å². The number of nitro groups is 1. The van der Waals surface area contributed by atoms with Gasteiger partial charge in [-0.1, -0.05) is 30.3 Å². The van der Waals surface area contributed by atoms with E-state index in [9.17, 15) is 23.3 Å². The van der Waals surface area contributed by atoms with Crippen LogP contribution in [0.15, 0.2) is 48.0 Å². The Morgan fingerprint density at radius 1 is 1.14 bits per heavy atom. The topological polar surface area (TPSA) is 119 Å². The molecule has 1 aliphatic heterocycles. The first-order chi connectivity index (χ1) is 13.3. The first-order valence-electron chi connectivity index (χ1n) is 8.54. The van der Waals surface area contributed by atoms with Gasteiger partial charge in [0, 0.05) is 31.6 Å². The van der Waals surface area contributed by atoms with Gasteiger partial charge < -0.3 is 15.0 Å². The zero-order valence-electron chi connectivity index (χ0n) is 14.9. The molecule has 0 spiro atoms. The summed E-state index contributed by atoms with van der Waals surface area (Å²) in [6.45, 7) is 0.745. The molecule has 2 aromatic rings. The van der Waals surface area contributed by atoms with E-state index in [0.29, 0.717) is 0 Å². The minimum atomic E-state index is -3.57. The van der Waals surface area contributed by atoms with Crippen LogP contribution in [-0.2, 0) is 21.4 Å². The van der Waals surface area contributed by atoms with E-state index in [-0.39, 0.29) is 44.4 Å². The zero-order chi connectivity index (χ0) is 20.1. The molecule has 0 atom stereocenters. The quantitative estimate of drug-likeness (QED) is 0.521. The van der Waals surface area contributed by atoms with Gasteiger partial charge in [0.1, 0.15) is 6.54 Å². The van der Waals surface area contributed by atoms with E-state index >= 15 is 0 Å². The molecule has 1 aromatic carbocycles. The Kier molecular flexibility index (Phi) is 5.85. The van der Waals surface area contributed by atoms with Gasteiger partial charge in [0.25, 0.3) is 0 Å². The second-order valence-electron chi connectivity index (χ2n) is 6.17. The van der Waals surface area contributed by atoms with Crippen molar-refractivity contribution >= 4 is 27.8 Å². The number of aromatic nitrogens is 2. The van der Waals surface area contributed by atoms with Crippen LogP contribution in [0.1, 0.15) is 5.56 Å². The highest BCUT2D eigenvalue weighted by Gasteiger charge is 2.28. The fraction of sp³-hybridized carbons (Fsp3) is 0.294. The van der Waals surface area contributed by atoms with E-state index < -0.39 is 14.9 Å². The summed E-state index contributed by atoms with van der Waals surface area (Å²) >= 11 is 0. The molecule has 2 heterocycles. The van der Waals surface area contributed by atoms with E-state index in [4.69, 9.17) is 0 Å². The molecule has 0 N–H and O–H groups in total. The fourth-order valence-electron chi connectivity index (χ4n) is 2.78. The predicted molar refractivity (Wildman–Crippen MR) is 101 cm³/mol. The van der Waals surface area contributed by atoms with Crippen LogP contribution in [0.25, 0.3) is 6.08 Å². The number of hydrogen-bond donors (Lipinski definition) is 0. The average Bonchev–Trinajstić information content (AvgIpc) is 3.16. The van der Waals surface area contributed by atoms with Crippen molar-refractivity contribution in [3.63, 3.8) is 0 Å². The molecular weight excluding hydrogens is 386 g/mol. The lowest BCUT2D eigenvalue weighted by Gasteiger charge is -2.33. The van der Waals surface area contributed by atoms with Crippen molar-refractivity contribution in [1.29, 1.82) is 0 Å². The molecule has 0 bridgehead atoms. The van der Waals surface area contributed by atoms with Crippen molar-refractivity contribution in [3.05, 3.63) is 63.7 Å². The van der Waals surface area contributed by atoms with Gasteiger partial charge in [-0.3, -0.25) is 4.79 Å². The third-order valence-corrected chi connectivity index (χ3v) is 5.86. The van der Waals surface area contributed by atoms with Gasteiger partial charge in [-0.25, -0.2) is 8.42 Å². The van der Waals surface area contributed by atoms with Gasteiger partial charge in [0.15, 0.2) is 0 Å². The van der Waals surface area contributed by atoms with Crippen molar-refractivity contribution in [2.75, 3.05) is 26.2 Å². The van der Waals surface area contributed by atoms with Crippen molar-refractivity contribution in [3.8, 4) is 0 Å². The van der Waals surface area contributed by atoms with E-state index in [1.807, 2.05) is 30.3 Å². The number of rotatable bonds is 6. The van der Waals surface area contributed by atoms with Crippen LogP contribution in [0.3, 0.4) is 0 Å². The SMILES string of the molecule is O=C(Cn1ccc([N+](=O)[O-])n1)N1CCN(S(=O)(=O)/C=C/c2ccccc2)CC1. The third kappa shape index (κ3) is 4.81. The normalized spacial score (nSPS) is 15.8. The van der Waals surface area contributed by atoms with Crippen LogP contribution in [0.2, 0.25) is 0 Å². The first kappa shape index (κ1) is 19.7. The lowest BCUT2D eigenvalue weighted by Crippen LogP contribution is -2.50. The van der Waals surface area contributed by atoms with Gasteiger partial charge in [-0.2, -0.15) is 8.99 Å². The van der Waals surface area contributed by atoms with Crippen LogP contribution >= 0.6 is 0 Å². The zero-order valence-corrected chi connectivity index (χ0v) is 15.7. The Morgan fingerprint density at radius 2 is 1.82 bits per heavy atom. The molecule has 1 amide bonds. The standard InChI is InChI=1S/C17H19N5O5S/c23-17(14-20-8-6-16(18-20)22(24)25)19-9-11-21(12-10-19)28(26,27)13-7-15-4-2-1-3-5-15/h1-8,13H,9-12,14H2/b13-7+. The summed E-state index contributed by atoms with van der Waals surface area (Å²) in [4.78, 5) is 23.9. The van der Waals surface area contributed by atoms with Crippen LogP contribution in [0.5, 0.6) is 0 Å². The van der Waals surface area contributed by atoms with E-state index in [2.05, 4.69) is 5.10 Å². The van der Waals surface area contributed by atoms with Gasteiger partial charge in [0.05, 0.1) is 17.4 Å². The molecule has 11 heteroatoms. The van der Waals surface area contributed by atoms with Gasteiger partial charge in [-0.05, 0) is 16.6 Å². The minimum absolute atomic E-state index is 0.130. The highest BCUT2D eigenvalue weighted by Crippen LogP contribution is 2.12. The van der Waals surface area contributed by atoms with Gasteiger partial charge >= 0.3 is 5.82 Å². The second-order valence-corrected chi connectivity index (χ2v) is 7.99. The van der Waals surface area contributed by atoms with E-state index in [0.717, 1.165) is 5.56 Å². The maximum atomic E-state index is 12.5. The molecule has 1 aromatic heterocycles. The number of carbonyl (C=O) groups is 1. The van der Waals surface area contributed by atoms with Crippen LogP contribution < -0.4 is 0 Å². The summed E-state index contributed by atoms with van der Waals surface area (Å²) < 4.78 is 27.4. The molecule has 0 unspecified atom stereocenters. The lowest BCUT2D eigenvalue weighted by atomic mass is 10.2. The lowest BCUT2D eigenvalue weighted by molar-refractivity contribution is -0.389. The number of amides is 1. The number of nitrogens with zero attached hydrogens (tertiary/aromatic N) is 5. The first-order valence-corrected chi connectivity index (χ1v) is 10.0. The summed E-state index contributed by atoms with van der Waals surface area (Å²) in [5.74, 6) is -0.594. The number of benzene rings is 1. The molecule has 10 nitrogen and oxygen atoms in total. The van der Waals surface area contributed by atoms with Crippen molar-refractivity contribution in [1.82, 2.24) is 19.0 Å². The Labute approximate surface area is 161 Å². The Bertz CT molecular complexity index is 978. The highest BCUT2D eigenvalue weighted by molar-refractivity contribution is 7.92. The third-order valence-electron chi connectivity index (χ3n) is 4.29. The molecule has 0 aliphatic carbocycles. The van der Waals surface area contributed by atoms with Crippen molar-refractivity contribution in [2.24, 2.45) is 0 Å². The molecule has 148 valence electrons. The number of carbonyl (C=O) groups excluding carboxylic acids is 1. The summed E-state index contributed by atoms with van der Waals surface area (Å²) in [7, 11) is -3.57. The van der Waals surface area contributed by atoms with Crippen LogP contribution in [-0.4, -0.2) is 64.4 Å². The van der Waals surface area contributed by atoms with Crippen LogP contribution in [0.4, 0.5) is 5.82 Å². The summed E-state index contributed by atoms with van der Waals surface area (Å²) in [5, 5.41) is 15.5. The van der Waals surface area contributed by atoms with Crippen molar-refractivity contribution < 1.29 is 18.1 Å². The summed E-state index contributed by atoms with van der Waals surface area (Å²) in [6, 6.07) is 10.3. The Hall–Kier alpha value is -3.05. The monoisotopic (exact) mass is 405 g/mol. The highest BCUT2D eigenvalue weighted by atomic mass is 32.2.